The Balaban J connectivity index is 2.87. The van der Waals surface area contributed by atoms with E-state index >= 15 is 0 Å². The lowest BCUT2D eigenvalue weighted by atomic mass is 10.2. The third kappa shape index (κ3) is 4.45. The fraction of sp³-hybridized carbons (Fsp3) is 0.182. The van der Waals surface area contributed by atoms with Gasteiger partial charge in [0, 0.05) is 12.1 Å². The Hall–Kier alpha value is -3.17. The van der Waals surface area contributed by atoms with Crippen molar-refractivity contribution in [1.29, 1.82) is 0 Å². The van der Waals surface area contributed by atoms with E-state index in [9.17, 15) is 24.5 Å². The van der Waals surface area contributed by atoms with Gasteiger partial charge in [-0.1, -0.05) is 0 Å². The van der Waals surface area contributed by atoms with Crippen LogP contribution in [0.3, 0.4) is 0 Å². The Labute approximate surface area is 117 Å². The molecule has 0 atom stereocenters. The van der Waals surface area contributed by atoms with Gasteiger partial charge in [0.15, 0.2) is 12.4 Å². The lowest BCUT2D eigenvalue weighted by molar-refractivity contribution is -0.385. The molecule has 0 saturated heterocycles. The first-order chi connectivity index (χ1) is 9.85. The lowest BCUT2D eigenvalue weighted by Crippen LogP contribution is -2.34. The Morgan fingerprint density at radius 2 is 2.05 bits per heavy atom. The molecule has 10 nitrogen and oxygen atoms in total. The molecule has 1 aromatic carbocycles. The number of ether oxygens (including phenoxy) is 2. The predicted molar refractivity (Wildman–Crippen MR) is 66.1 cm³/mol. The van der Waals surface area contributed by atoms with E-state index in [1.807, 2.05) is 0 Å². The second-order valence-electron chi connectivity index (χ2n) is 3.57. The number of nitrogens with one attached hydrogen (secondary N) is 1. The summed E-state index contributed by atoms with van der Waals surface area (Å²) in [5, 5.41) is 21.4. The molecule has 1 aromatic rings. The van der Waals surface area contributed by atoms with Crippen LogP contribution in [0.1, 0.15) is 10.4 Å². The highest BCUT2D eigenvalue weighted by Crippen LogP contribution is 2.27. The number of aromatic carboxylic acids is 1. The van der Waals surface area contributed by atoms with Crippen LogP contribution < -0.4 is 10.1 Å². The molecule has 0 heterocycles. The standard InChI is InChI=1S/C11H10N2O8/c1-20-11(17)12-9(14)5-21-8-4-6(10(15)16)2-3-7(8)13(18)19/h2-4H,5H2,1H3,(H,15,16)(H,12,14,17). The van der Waals surface area contributed by atoms with Crippen LogP contribution in [0.5, 0.6) is 5.75 Å². The summed E-state index contributed by atoms with van der Waals surface area (Å²) >= 11 is 0. The van der Waals surface area contributed by atoms with Crippen LogP contribution in [0, 0.1) is 10.1 Å². The summed E-state index contributed by atoms with van der Waals surface area (Å²) in [6.07, 6.45) is -1.02. The van der Waals surface area contributed by atoms with Crippen LogP contribution >= 0.6 is 0 Å². The molecule has 0 radical (unpaired) electrons. The van der Waals surface area contributed by atoms with Crippen molar-refractivity contribution in [3.05, 3.63) is 33.9 Å². The molecule has 0 unspecified atom stereocenters. The maximum atomic E-state index is 11.3. The van der Waals surface area contributed by atoms with Gasteiger partial charge in [0.2, 0.25) is 0 Å². The SMILES string of the molecule is COC(=O)NC(=O)COc1cc(C(=O)O)ccc1[N+](=O)[O-]. The van der Waals surface area contributed by atoms with E-state index in [-0.39, 0.29) is 5.56 Å². The van der Waals surface area contributed by atoms with Crippen LogP contribution in [-0.2, 0) is 9.53 Å². The first-order valence-corrected chi connectivity index (χ1v) is 5.37. The first-order valence-electron chi connectivity index (χ1n) is 5.37. The molecule has 1 rings (SSSR count). The molecule has 10 heteroatoms. The summed E-state index contributed by atoms with van der Waals surface area (Å²) < 4.78 is 9.04. The Morgan fingerprint density at radius 3 is 2.57 bits per heavy atom. The van der Waals surface area contributed by atoms with Gasteiger partial charge in [0.1, 0.15) is 0 Å². The molecule has 2 N–H and O–H groups in total. The molecule has 112 valence electrons. The molecule has 0 fully saturated rings. The first kappa shape index (κ1) is 15.9. The third-order valence-electron chi connectivity index (χ3n) is 2.19. The minimum atomic E-state index is -1.31. The quantitative estimate of drug-likeness (QED) is 0.592. The maximum Gasteiger partial charge on any atom is 0.413 e. The topological polar surface area (TPSA) is 145 Å². The number of hydrogen-bond acceptors (Lipinski definition) is 7. The maximum absolute atomic E-state index is 11.3. The van der Waals surface area contributed by atoms with Crippen molar-refractivity contribution < 1.29 is 33.9 Å². The average Bonchev–Trinajstić information content (AvgIpc) is 2.44. The van der Waals surface area contributed by atoms with Crippen LogP contribution in [0.2, 0.25) is 0 Å². The molecule has 0 aliphatic rings. The van der Waals surface area contributed by atoms with Gasteiger partial charge in [0.25, 0.3) is 5.91 Å². The van der Waals surface area contributed by atoms with Gasteiger partial charge in [-0.15, -0.1) is 0 Å². The lowest BCUT2D eigenvalue weighted by Gasteiger charge is -2.07. The number of benzene rings is 1. The van der Waals surface area contributed by atoms with Crippen molar-refractivity contribution in [2.45, 2.75) is 0 Å². The van der Waals surface area contributed by atoms with Gasteiger partial charge < -0.3 is 14.6 Å². The number of rotatable bonds is 5. The number of carboxylic acids is 1. The largest absolute Gasteiger partial charge is 0.478 e. The van der Waals surface area contributed by atoms with Crippen molar-refractivity contribution >= 4 is 23.7 Å². The van der Waals surface area contributed by atoms with Gasteiger partial charge in [0.05, 0.1) is 17.6 Å². The van der Waals surface area contributed by atoms with Crippen molar-refractivity contribution in [1.82, 2.24) is 5.32 Å². The van der Waals surface area contributed by atoms with E-state index in [4.69, 9.17) is 9.84 Å². The number of carboxylic acid groups (broad SMARTS) is 1. The summed E-state index contributed by atoms with van der Waals surface area (Å²) in [6.45, 7) is -0.723. The smallest absolute Gasteiger partial charge is 0.413 e. The number of methoxy groups -OCH3 is 1. The summed E-state index contributed by atoms with van der Waals surface area (Å²) in [5.74, 6) is -2.62. The zero-order valence-corrected chi connectivity index (χ0v) is 10.7. The van der Waals surface area contributed by atoms with Gasteiger partial charge in [-0.05, 0) is 6.07 Å². The van der Waals surface area contributed by atoms with E-state index in [0.29, 0.717) is 0 Å². The van der Waals surface area contributed by atoms with Crippen LogP contribution in [0.4, 0.5) is 10.5 Å². The van der Waals surface area contributed by atoms with Crippen molar-refractivity contribution in [3.63, 3.8) is 0 Å². The van der Waals surface area contributed by atoms with Crippen LogP contribution in [0.25, 0.3) is 0 Å². The highest BCUT2D eigenvalue weighted by atomic mass is 16.6. The normalized spacial score (nSPS) is 9.57. The van der Waals surface area contributed by atoms with Gasteiger partial charge in [-0.25, -0.2) is 9.59 Å². The van der Waals surface area contributed by atoms with E-state index in [2.05, 4.69) is 4.74 Å². The number of carbonyl (C=O) groups is 3. The number of imide groups is 1. The average molecular weight is 298 g/mol. The number of hydrogen-bond donors (Lipinski definition) is 2. The molecule has 0 aliphatic heterocycles. The molecule has 0 aliphatic carbocycles. The second-order valence-corrected chi connectivity index (χ2v) is 3.57. The number of alkyl carbamates (subject to hydrolysis) is 1. The summed E-state index contributed by atoms with van der Waals surface area (Å²) in [6, 6.07) is 2.88. The van der Waals surface area contributed by atoms with Crippen LogP contribution in [-0.4, -0.2) is 41.7 Å². The highest BCUT2D eigenvalue weighted by molar-refractivity contribution is 5.92. The van der Waals surface area contributed by atoms with Crippen LogP contribution in [0.15, 0.2) is 18.2 Å². The van der Waals surface area contributed by atoms with E-state index < -0.39 is 40.9 Å². The molecule has 21 heavy (non-hydrogen) atoms. The Bertz CT molecular complexity index is 598. The molecule has 0 spiro atoms. The number of nitrogens with zero attached hydrogens (tertiary/aromatic N) is 1. The zero-order chi connectivity index (χ0) is 16.0. The molecular weight excluding hydrogens is 288 g/mol. The number of carbonyl (C=O) groups excluding carboxylic acids is 2. The van der Waals surface area contributed by atoms with E-state index in [1.165, 1.54) is 0 Å². The minimum absolute atomic E-state index is 0.246. The number of nitro groups is 1. The van der Waals surface area contributed by atoms with Gasteiger partial charge >= 0.3 is 17.7 Å². The van der Waals surface area contributed by atoms with Gasteiger partial charge in [-0.2, -0.15) is 0 Å². The summed E-state index contributed by atoms with van der Waals surface area (Å²) in [5.41, 5.74) is -0.755. The van der Waals surface area contributed by atoms with E-state index in [1.54, 1.807) is 5.32 Å². The molecule has 0 bridgehead atoms. The fourth-order valence-electron chi connectivity index (χ4n) is 1.26. The Kier molecular flexibility index (Phi) is 5.17. The van der Waals surface area contributed by atoms with Gasteiger partial charge in [-0.3, -0.25) is 20.2 Å². The third-order valence-corrected chi connectivity index (χ3v) is 2.19. The Morgan fingerprint density at radius 1 is 1.38 bits per heavy atom. The molecule has 0 saturated carbocycles. The molecule has 0 aromatic heterocycles. The summed E-state index contributed by atoms with van der Waals surface area (Å²) in [7, 11) is 1.05. The zero-order valence-electron chi connectivity index (χ0n) is 10.7. The van der Waals surface area contributed by atoms with E-state index in [0.717, 1.165) is 25.3 Å². The highest BCUT2D eigenvalue weighted by Gasteiger charge is 2.19. The second kappa shape index (κ2) is 6.84. The number of nitro benzene ring substituents is 1. The number of amides is 2. The predicted octanol–water partition coefficient (Wildman–Crippen LogP) is 0.554. The minimum Gasteiger partial charge on any atom is -0.478 e. The monoisotopic (exact) mass is 298 g/mol. The molecule has 2 amide bonds. The fourth-order valence-corrected chi connectivity index (χ4v) is 1.26. The van der Waals surface area contributed by atoms with Crippen molar-refractivity contribution in [2.24, 2.45) is 0 Å². The molecular formula is C11H10N2O8. The van der Waals surface area contributed by atoms with Crippen molar-refractivity contribution in [3.8, 4) is 5.75 Å². The summed E-state index contributed by atoms with van der Waals surface area (Å²) in [4.78, 5) is 42.8. The van der Waals surface area contributed by atoms with Crippen molar-refractivity contribution in [2.75, 3.05) is 13.7 Å².